The highest BCUT2D eigenvalue weighted by molar-refractivity contribution is 7.99. The Morgan fingerprint density at radius 3 is 2.17 bits per heavy atom. The van der Waals surface area contributed by atoms with Crippen LogP contribution in [0.2, 0.25) is 0 Å². The molecule has 0 spiro atoms. The third-order valence-corrected chi connectivity index (χ3v) is 7.97. The van der Waals surface area contributed by atoms with Gasteiger partial charge in [-0.2, -0.15) is 11.3 Å². The minimum absolute atomic E-state index is 0.138. The SMILES string of the molecule is O=C(Nc1ccc(SCCCN2C(=O)c3ccccc3C2=O)cc1)/C(=C/c1ccsc1)NC(=O)c1ccccc1. The third-order valence-electron chi connectivity index (χ3n) is 6.17. The van der Waals surface area contributed by atoms with E-state index in [1.807, 2.05) is 35.0 Å². The van der Waals surface area contributed by atoms with E-state index in [9.17, 15) is 19.2 Å². The van der Waals surface area contributed by atoms with Crippen molar-refractivity contribution < 1.29 is 19.2 Å². The summed E-state index contributed by atoms with van der Waals surface area (Å²) in [5, 5.41) is 9.37. The molecule has 0 fully saturated rings. The molecule has 4 aromatic rings. The molecule has 7 nitrogen and oxygen atoms in total. The molecule has 1 aliphatic rings. The molecule has 1 aliphatic heterocycles. The number of thiophene rings is 1. The number of carbonyl (C=O) groups excluding carboxylic acids is 4. The van der Waals surface area contributed by atoms with E-state index in [4.69, 9.17) is 0 Å². The van der Waals surface area contributed by atoms with E-state index in [1.165, 1.54) is 16.2 Å². The van der Waals surface area contributed by atoms with Crippen LogP contribution in [0.5, 0.6) is 0 Å². The predicted molar refractivity (Wildman–Crippen MR) is 158 cm³/mol. The molecule has 0 saturated carbocycles. The maximum absolute atomic E-state index is 13.1. The van der Waals surface area contributed by atoms with Gasteiger partial charge in [0.2, 0.25) is 0 Å². The van der Waals surface area contributed by atoms with Gasteiger partial charge in [0.1, 0.15) is 5.70 Å². The van der Waals surface area contributed by atoms with Crippen molar-refractivity contribution in [2.24, 2.45) is 0 Å². The number of hydrogen-bond acceptors (Lipinski definition) is 6. The van der Waals surface area contributed by atoms with Gasteiger partial charge in [-0.3, -0.25) is 24.1 Å². The third kappa shape index (κ3) is 6.39. The highest BCUT2D eigenvalue weighted by Crippen LogP contribution is 2.25. The summed E-state index contributed by atoms with van der Waals surface area (Å²) >= 11 is 3.10. The molecule has 0 aliphatic carbocycles. The molecule has 200 valence electrons. The number of imide groups is 1. The maximum atomic E-state index is 13.1. The second-order valence-corrected chi connectivity index (χ2v) is 10.9. The van der Waals surface area contributed by atoms with Gasteiger partial charge in [-0.05, 0) is 89.2 Å². The normalized spacial score (nSPS) is 12.8. The smallest absolute Gasteiger partial charge is 0.272 e. The summed E-state index contributed by atoms with van der Waals surface area (Å²) in [6.45, 7) is 0.363. The first-order valence-electron chi connectivity index (χ1n) is 12.6. The molecule has 9 heteroatoms. The highest BCUT2D eigenvalue weighted by Gasteiger charge is 2.34. The molecule has 2 heterocycles. The summed E-state index contributed by atoms with van der Waals surface area (Å²) in [5.74, 6) is -0.559. The van der Waals surface area contributed by atoms with Crippen LogP contribution in [0.3, 0.4) is 0 Å². The molecular weight excluding hydrogens is 542 g/mol. The van der Waals surface area contributed by atoms with Gasteiger partial charge in [0.15, 0.2) is 0 Å². The number of thioether (sulfide) groups is 1. The minimum Gasteiger partial charge on any atom is -0.321 e. The van der Waals surface area contributed by atoms with Gasteiger partial charge in [-0.1, -0.05) is 30.3 Å². The zero-order chi connectivity index (χ0) is 27.9. The van der Waals surface area contributed by atoms with E-state index in [-0.39, 0.29) is 23.4 Å². The molecule has 1 aromatic heterocycles. The van der Waals surface area contributed by atoms with Crippen LogP contribution in [-0.2, 0) is 4.79 Å². The van der Waals surface area contributed by atoms with E-state index in [1.54, 1.807) is 78.5 Å². The van der Waals surface area contributed by atoms with Crippen LogP contribution in [0.1, 0.15) is 43.1 Å². The number of anilines is 1. The van der Waals surface area contributed by atoms with Gasteiger partial charge < -0.3 is 10.6 Å². The van der Waals surface area contributed by atoms with Crippen molar-refractivity contribution in [2.45, 2.75) is 11.3 Å². The monoisotopic (exact) mass is 567 g/mol. The van der Waals surface area contributed by atoms with E-state index < -0.39 is 5.91 Å². The van der Waals surface area contributed by atoms with Gasteiger partial charge in [0, 0.05) is 22.7 Å². The molecule has 0 unspecified atom stereocenters. The summed E-state index contributed by atoms with van der Waals surface area (Å²) in [5.41, 5.74) is 2.92. The molecule has 0 atom stereocenters. The van der Waals surface area contributed by atoms with E-state index in [0.717, 1.165) is 16.2 Å². The van der Waals surface area contributed by atoms with Crippen molar-refractivity contribution in [3.8, 4) is 0 Å². The number of benzene rings is 3. The molecule has 2 N–H and O–H groups in total. The lowest BCUT2D eigenvalue weighted by Crippen LogP contribution is -2.31. The molecular formula is C31H25N3O4S2. The van der Waals surface area contributed by atoms with Gasteiger partial charge in [0.05, 0.1) is 11.1 Å². The van der Waals surface area contributed by atoms with Crippen LogP contribution in [0.15, 0.2) is 106 Å². The van der Waals surface area contributed by atoms with Crippen molar-refractivity contribution in [2.75, 3.05) is 17.6 Å². The number of hydrogen-bond donors (Lipinski definition) is 2. The van der Waals surface area contributed by atoms with Crippen molar-refractivity contribution >= 4 is 58.5 Å². The standard InChI is InChI=1S/C31H25N3O4S2/c35-28(22-7-2-1-3-8-22)33-27(19-21-15-18-39-20-21)29(36)32-23-11-13-24(14-12-23)40-17-6-16-34-30(37)25-9-4-5-10-26(25)31(34)38/h1-5,7-15,18-20H,6,16-17H2,(H,32,36)(H,33,35)/b27-19-. The number of nitrogens with one attached hydrogen (secondary N) is 2. The Kier molecular flexibility index (Phi) is 8.53. The Bertz CT molecular complexity index is 1530. The highest BCUT2D eigenvalue weighted by atomic mass is 32.2. The second kappa shape index (κ2) is 12.6. The van der Waals surface area contributed by atoms with Gasteiger partial charge in [0.25, 0.3) is 23.6 Å². The number of rotatable bonds is 10. The lowest BCUT2D eigenvalue weighted by atomic mass is 10.1. The first-order chi connectivity index (χ1) is 19.5. The molecule has 3 aromatic carbocycles. The Hall–Kier alpha value is -4.47. The van der Waals surface area contributed by atoms with Crippen molar-refractivity contribution in [3.05, 3.63) is 124 Å². The quantitative estimate of drug-likeness (QED) is 0.107. The fourth-order valence-electron chi connectivity index (χ4n) is 4.15. The fraction of sp³-hybridized carbons (Fsp3) is 0.0968. The second-order valence-electron chi connectivity index (χ2n) is 8.92. The number of nitrogens with zero attached hydrogens (tertiary/aromatic N) is 1. The first kappa shape index (κ1) is 27.1. The maximum Gasteiger partial charge on any atom is 0.272 e. The van der Waals surface area contributed by atoms with Crippen LogP contribution >= 0.6 is 23.1 Å². The van der Waals surface area contributed by atoms with Crippen molar-refractivity contribution in [1.29, 1.82) is 0 Å². The summed E-state index contributed by atoms with van der Waals surface area (Å²) in [7, 11) is 0. The van der Waals surface area contributed by atoms with E-state index in [0.29, 0.717) is 35.3 Å². The van der Waals surface area contributed by atoms with Crippen LogP contribution in [-0.4, -0.2) is 40.8 Å². The molecule has 0 saturated heterocycles. The predicted octanol–water partition coefficient (Wildman–Crippen LogP) is 5.94. The Morgan fingerprint density at radius 1 is 0.850 bits per heavy atom. The number of carbonyl (C=O) groups is 4. The van der Waals surface area contributed by atoms with Crippen LogP contribution in [0, 0.1) is 0 Å². The van der Waals surface area contributed by atoms with Crippen LogP contribution in [0.4, 0.5) is 5.69 Å². The van der Waals surface area contributed by atoms with Crippen LogP contribution < -0.4 is 10.6 Å². The van der Waals surface area contributed by atoms with Gasteiger partial charge >= 0.3 is 0 Å². The average Bonchev–Trinajstić information content (AvgIpc) is 3.58. The Morgan fingerprint density at radius 2 is 1.52 bits per heavy atom. The lowest BCUT2D eigenvalue weighted by Gasteiger charge is -2.13. The summed E-state index contributed by atoms with van der Waals surface area (Å²) in [6, 6.07) is 24.9. The fourth-order valence-corrected chi connectivity index (χ4v) is 5.61. The lowest BCUT2D eigenvalue weighted by molar-refractivity contribution is -0.113. The Balaban J connectivity index is 1.15. The molecule has 0 bridgehead atoms. The van der Waals surface area contributed by atoms with Crippen LogP contribution in [0.25, 0.3) is 6.08 Å². The first-order valence-corrected chi connectivity index (χ1v) is 14.5. The van der Waals surface area contributed by atoms with E-state index >= 15 is 0 Å². The number of amides is 4. The van der Waals surface area contributed by atoms with Crippen molar-refractivity contribution in [3.63, 3.8) is 0 Å². The topological polar surface area (TPSA) is 95.6 Å². The largest absolute Gasteiger partial charge is 0.321 e. The molecule has 5 rings (SSSR count). The molecule has 4 amide bonds. The van der Waals surface area contributed by atoms with Gasteiger partial charge in [-0.15, -0.1) is 11.8 Å². The summed E-state index contributed by atoms with van der Waals surface area (Å²) < 4.78 is 0. The summed E-state index contributed by atoms with van der Waals surface area (Å²) in [6.07, 6.45) is 2.30. The summed E-state index contributed by atoms with van der Waals surface area (Å²) in [4.78, 5) is 53.1. The van der Waals surface area contributed by atoms with E-state index in [2.05, 4.69) is 10.6 Å². The zero-order valence-corrected chi connectivity index (χ0v) is 23.0. The Labute approximate surface area is 239 Å². The zero-order valence-electron chi connectivity index (χ0n) is 21.3. The minimum atomic E-state index is -0.433. The number of fused-ring (bicyclic) bond motifs is 1. The molecule has 40 heavy (non-hydrogen) atoms. The molecule has 0 radical (unpaired) electrons. The van der Waals surface area contributed by atoms with Gasteiger partial charge in [-0.25, -0.2) is 0 Å². The van der Waals surface area contributed by atoms with Crippen molar-refractivity contribution in [1.82, 2.24) is 10.2 Å². The average molecular weight is 568 g/mol.